The van der Waals surface area contributed by atoms with Gasteiger partial charge in [0.15, 0.2) is 0 Å². The molecule has 2 N–H and O–H groups in total. The van der Waals surface area contributed by atoms with Crippen LogP contribution in [-0.4, -0.2) is 27.8 Å². The molecule has 0 fully saturated rings. The predicted molar refractivity (Wildman–Crippen MR) is 103 cm³/mol. The van der Waals surface area contributed by atoms with Gasteiger partial charge in [0.1, 0.15) is 11.3 Å². The van der Waals surface area contributed by atoms with Crippen LogP contribution in [0.3, 0.4) is 0 Å². The van der Waals surface area contributed by atoms with E-state index in [1.54, 1.807) is 31.0 Å². The summed E-state index contributed by atoms with van der Waals surface area (Å²) >= 11 is 0. The molecule has 0 spiro atoms. The van der Waals surface area contributed by atoms with Gasteiger partial charge in [-0.1, -0.05) is 0 Å². The van der Waals surface area contributed by atoms with Crippen LogP contribution in [0.2, 0.25) is 0 Å². The number of carbonyl (C=O) groups excluding carboxylic acids is 1. The summed E-state index contributed by atoms with van der Waals surface area (Å²) in [5.74, 6) is 0.356. The van der Waals surface area contributed by atoms with Gasteiger partial charge >= 0.3 is 0 Å². The van der Waals surface area contributed by atoms with Crippen molar-refractivity contribution in [3.63, 3.8) is 0 Å². The Morgan fingerprint density at radius 3 is 2.63 bits per heavy atom. The topological polar surface area (TPSA) is 89.0 Å². The van der Waals surface area contributed by atoms with E-state index in [9.17, 15) is 9.59 Å². The SMILES string of the molecule is COc1ccc(-n2cc([C@@H](C)NC(=O)c3cc(C)c(C)[nH]c3=O)cn2)cc1. The summed E-state index contributed by atoms with van der Waals surface area (Å²) in [7, 11) is 1.62. The van der Waals surface area contributed by atoms with E-state index in [-0.39, 0.29) is 11.6 Å². The number of rotatable bonds is 5. The molecule has 0 bridgehead atoms. The average molecular weight is 366 g/mol. The first-order valence-electron chi connectivity index (χ1n) is 8.59. The van der Waals surface area contributed by atoms with Gasteiger partial charge in [0.25, 0.3) is 11.5 Å². The first-order chi connectivity index (χ1) is 12.9. The quantitative estimate of drug-likeness (QED) is 0.727. The largest absolute Gasteiger partial charge is 0.497 e. The Hall–Kier alpha value is -3.35. The van der Waals surface area contributed by atoms with E-state index < -0.39 is 11.5 Å². The predicted octanol–water partition coefficient (Wildman–Crippen LogP) is 2.68. The van der Waals surface area contributed by atoms with Gasteiger partial charge in [0.2, 0.25) is 0 Å². The standard InChI is InChI=1S/C20H22N4O3/c1-12-9-18(19(25)22-13(12)2)20(26)23-14(3)15-10-21-24(11-15)16-5-7-17(27-4)8-6-16/h5-11,14H,1-4H3,(H,22,25)(H,23,26)/t14-/m1/s1. The van der Waals surface area contributed by atoms with Crippen molar-refractivity contribution in [3.8, 4) is 11.4 Å². The second kappa shape index (κ2) is 7.49. The number of pyridine rings is 1. The fraction of sp³-hybridized carbons (Fsp3) is 0.250. The van der Waals surface area contributed by atoms with E-state index in [1.807, 2.05) is 44.3 Å². The summed E-state index contributed by atoms with van der Waals surface area (Å²) in [5, 5.41) is 7.19. The Morgan fingerprint density at radius 2 is 1.96 bits per heavy atom. The van der Waals surface area contributed by atoms with Crippen LogP contribution in [0.1, 0.15) is 40.1 Å². The first-order valence-corrected chi connectivity index (χ1v) is 8.59. The number of H-pyrrole nitrogens is 1. The fourth-order valence-electron chi connectivity index (χ4n) is 2.69. The molecular weight excluding hydrogens is 344 g/mol. The number of benzene rings is 1. The van der Waals surface area contributed by atoms with Gasteiger partial charge in [-0.05, 0) is 56.7 Å². The van der Waals surface area contributed by atoms with Gasteiger partial charge in [0.05, 0.1) is 25.0 Å². The Balaban J connectivity index is 1.76. The normalized spacial score (nSPS) is 11.9. The third-order valence-corrected chi connectivity index (χ3v) is 4.53. The maximum Gasteiger partial charge on any atom is 0.261 e. The molecule has 0 unspecified atom stereocenters. The smallest absolute Gasteiger partial charge is 0.261 e. The number of hydrogen-bond acceptors (Lipinski definition) is 4. The lowest BCUT2D eigenvalue weighted by atomic mass is 10.1. The highest BCUT2D eigenvalue weighted by Crippen LogP contribution is 2.17. The van der Waals surface area contributed by atoms with E-state index in [1.165, 1.54) is 0 Å². The van der Waals surface area contributed by atoms with Crippen molar-refractivity contribution >= 4 is 5.91 Å². The first kappa shape index (κ1) is 18.4. The molecule has 0 radical (unpaired) electrons. The van der Waals surface area contributed by atoms with Crippen LogP contribution in [0.4, 0.5) is 0 Å². The lowest BCUT2D eigenvalue weighted by molar-refractivity contribution is 0.0938. The number of amides is 1. The van der Waals surface area contributed by atoms with Crippen molar-refractivity contribution in [2.24, 2.45) is 0 Å². The molecule has 140 valence electrons. The molecule has 0 aliphatic carbocycles. The molecule has 7 heteroatoms. The molecule has 2 aromatic heterocycles. The van der Waals surface area contributed by atoms with Crippen molar-refractivity contribution in [2.75, 3.05) is 7.11 Å². The van der Waals surface area contributed by atoms with Crippen LogP contribution in [0.15, 0.2) is 47.5 Å². The van der Waals surface area contributed by atoms with Gasteiger partial charge in [-0.3, -0.25) is 9.59 Å². The molecule has 0 saturated carbocycles. The lowest BCUT2D eigenvalue weighted by Crippen LogP contribution is -2.32. The molecular formula is C20H22N4O3. The summed E-state index contributed by atoms with van der Waals surface area (Å²) in [6.45, 7) is 5.50. The minimum atomic E-state index is -0.413. The van der Waals surface area contributed by atoms with Crippen molar-refractivity contribution in [2.45, 2.75) is 26.8 Å². The lowest BCUT2D eigenvalue weighted by Gasteiger charge is -2.12. The van der Waals surface area contributed by atoms with Gasteiger partial charge in [-0.25, -0.2) is 4.68 Å². The number of aryl methyl sites for hydroxylation is 2. The van der Waals surface area contributed by atoms with E-state index in [0.717, 1.165) is 28.3 Å². The molecule has 7 nitrogen and oxygen atoms in total. The van der Waals surface area contributed by atoms with Crippen LogP contribution < -0.4 is 15.6 Å². The van der Waals surface area contributed by atoms with Crippen molar-refractivity contribution in [1.82, 2.24) is 20.1 Å². The number of methoxy groups -OCH3 is 1. The summed E-state index contributed by atoms with van der Waals surface area (Å²) < 4.78 is 6.88. The summed E-state index contributed by atoms with van der Waals surface area (Å²) in [6.07, 6.45) is 3.54. The van der Waals surface area contributed by atoms with E-state index in [4.69, 9.17) is 4.74 Å². The fourth-order valence-corrected chi connectivity index (χ4v) is 2.69. The highest BCUT2D eigenvalue weighted by molar-refractivity contribution is 5.94. The van der Waals surface area contributed by atoms with Gasteiger partial charge in [0, 0.05) is 17.5 Å². The monoisotopic (exact) mass is 366 g/mol. The number of carbonyl (C=O) groups is 1. The van der Waals surface area contributed by atoms with Crippen LogP contribution >= 0.6 is 0 Å². The van der Waals surface area contributed by atoms with Gasteiger partial charge in [-0.2, -0.15) is 5.10 Å². The highest BCUT2D eigenvalue weighted by atomic mass is 16.5. The molecule has 27 heavy (non-hydrogen) atoms. The van der Waals surface area contributed by atoms with E-state index in [0.29, 0.717) is 0 Å². The number of nitrogens with zero attached hydrogens (tertiary/aromatic N) is 2. The molecule has 0 aliphatic rings. The van der Waals surface area contributed by atoms with Crippen LogP contribution in [-0.2, 0) is 0 Å². The molecule has 0 saturated heterocycles. The zero-order chi connectivity index (χ0) is 19.6. The van der Waals surface area contributed by atoms with Crippen LogP contribution in [0, 0.1) is 13.8 Å². The number of nitrogens with one attached hydrogen (secondary N) is 2. The highest BCUT2D eigenvalue weighted by Gasteiger charge is 2.17. The molecule has 3 aromatic rings. The Morgan fingerprint density at radius 1 is 1.26 bits per heavy atom. The maximum atomic E-state index is 12.5. The zero-order valence-corrected chi connectivity index (χ0v) is 15.7. The van der Waals surface area contributed by atoms with Crippen molar-refractivity contribution in [3.05, 3.63) is 75.5 Å². The summed E-state index contributed by atoms with van der Waals surface area (Å²) in [5.41, 5.74) is 3.04. The minimum Gasteiger partial charge on any atom is -0.497 e. The minimum absolute atomic E-state index is 0.104. The van der Waals surface area contributed by atoms with Crippen molar-refractivity contribution in [1.29, 1.82) is 0 Å². The van der Waals surface area contributed by atoms with Gasteiger partial charge < -0.3 is 15.0 Å². The van der Waals surface area contributed by atoms with Crippen LogP contribution in [0.5, 0.6) is 5.75 Å². The molecule has 3 rings (SSSR count). The Labute approximate surface area is 157 Å². The Kier molecular flexibility index (Phi) is 5.12. The van der Waals surface area contributed by atoms with E-state index >= 15 is 0 Å². The molecule has 2 heterocycles. The number of aromatic amines is 1. The molecule has 1 atom stereocenters. The maximum absolute atomic E-state index is 12.5. The third kappa shape index (κ3) is 3.92. The van der Waals surface area contributed by atoms with Crippen molar-refractivity contribution < 1.29 is 9.53 Å². The average Bonchev–Trinajstić information content (AvgIpc) is 3.15. The van der Waals surface area contributed by atoms with E-state index in [2.05, 4.69) is 15.4 Å². The molecule has 0 aliphatic heterocycles. The summed E-state index contributed by atoms with van der Waals surface area (Å²) in [6, 6.07) is 8.81. The molecule has 1 aromatic carbocycles. The Bertz CT molecular complexity index is 1020. The second-order valence-corrected chi connectivity index (χ2v) is 6.43. The number of aromatic nitrogens is 3. The second-order valence-electron chi connectivity index (χ2n) is 6.43. The van der Waals surface area contributed by atoms with Gasteiger partial charge in [-0.15, -0.1) is 0 Å². The van der Waals surface area contributed by atoms with Crippen LogP contribution in [0.25, 0.3) is 5.69 Å². The number of ether oxygens (including phenoxy) is 1. The molecule has 1 amide bonds. The number of hydrogen-bond donors (Lipinski definition) is 2. The zero-order valence-electron chi connectivity index (χ0n) is 15.7. The third-order valence-electron chi connectivity index (χ3n) is 4.53. The summed E-state index contributed by atoms with van der Waals surface area (Å²) in [4.78, 5) is 27.2.